The Hall–Kier alpha value is -2.38. The molecule has 0 unspecified atom stereocenters. The average molecular weight is 321 g/mol. The Morgan fingerprint density at radius 1 is 1.22 bits per heavy atom. The van der Waals surface area contributed by atoms with Crippen molar-refractivity contribution in [3.63, 3.8) is 0 Å². The van der Waals surface area contributed by atoms with Crippen LogP contribution in [0.1, 0.15) is 24.3 Å². The second kappa shape index (κ2) is 6.02. The van der Waals surface area contributed by atoms with Crippen molar-refractivity contribution in [3.8, 4) is 0 Å². The van der Waals surface area contributed by atoms with E-state index in [1.54, 1.807) is 23.9 Å². The number of nitrogens with zero attached hydrogens (tertiary/aromatic N) is 5. The van der Waals surface area contributed by atoms with E-state index in [0.29, 0.717) is 19.6 Å². The first-order valence-corrected chi connectivity index (χ1v) is 7.46. The van der Waals surface area contributed by atoms with Crippen molar-refractivity contribution in [2.24, 2.45) is 7.05 Å². The van der Waals surface area contributed by atoms with Gasteiger partial charge in [0.05, 0.1) is 5.54 Å². The third-order valence-corrected chi connectivity index (χ3v) is 3.98. The zero-order valence-corrected chi connectivity index (χ0v) is 14.2. The van der Waals surface area contributed by atoms with E-state index in [4.69, 9.17) is 0 Å². The van der Waals surface area contributed by atoms with Crippen molar-refractivity contribution >= 4 is 11.9 Å². The molecule has 126 valence electrons. The topological polar surface area (TPSA) is 78.8 Å². The highest BCUT2D eigenvalue weighted by Crippen LogP contribution is 2.23. The number of hydrogen-bond acceptors (Lipinski definition) is 4. The molecule has 8 nitrogen and oxygen atoms in total. The molecule has 3 amide bonds. The number of rotatable bonds is 1. The minimum Gasteiger partial charge on any atom is -0.331 e. The third kappa shape index (κ3) is 3.35. The molecule has 1 aliphatic rings. The van der Waals surface area contributed by atoms with Crippen LogP contribution in [-0.4, -0.2) is 75.7 Å². The molecule has 1 aliphatic heterocycles. The Morgan fingerprint density at radius 2 is 1.87 bits per heavy atom. The monoisotopic (exact) mass is 321 g/mol. The van der Waals surface area contributed by atoms with Crippen LogP contribution in [0.4, 0.5) is 4.79 Å². The van der Waals surface area contributed by atoms with Crippen molar-refractivity contribution in [1.82, 2.24) is 24.5 Å². The number of piperazine rings is 1. The number of amides is 3. The largest absolute Gasteiger partial charge is 0.331 e. The maximum Gasteiger partial charge on any atom is 0.319 e. The van der Waals surface area contributed by atoms with Crippen LogP contribution in [0.2, 0.25) is 0 Å². The van der Waals surface area contributed by atoms with Gasteiger partial charge >= 0.3 is 6.03 Å². The molecule has 0 atom stereocenters. The van der Waals surface area contributed by atoms with Gasteiger partial charge in [-0.2, -0.15) is 5.10 Å². The van der Waals surface area contributed by atoms with E-state index in [0.717, 1.165) is 4.68 Å². The summed E-state index contributed by atoms with van der Waals surface area (Å²) in [5, 5.41) is 4.02. The zero-order chi connectivity index (χ0) is 17.4. The number of urea groups is 1. The molecule has 2 heterocycles. The summed E-state index contributed by atoms with van der Waals surface area (Å²) in [6, 6.07) is 2.71. The molecule has 0 bridgehead atoms. The molecular formula is C15H23N5O3. The number of carbonyl (C=O) groups excluding carboxylic acids is 2. The molecule has 0 N–H and O–H groups in total. The predicted molar refractivity (Wildman–Crippen MR) is 85.2 cm³/mol. The number of aromatic nitrogens is 2. The second-order valence-electron chi connectivity index (χ2n) is 6.55. The Kier molecular flexibility index (Phi) is 4.44. The van der Waals surface area contributed by atoms with Gasteiger partial charge in [-0.1, -0.05) is 0 Å². The minimum absolute atomic E-state index is 0.0644. The zero-order valence-electron chi connectivity index (χ0n) is 14.2. The summed E-state index contributed by atoms with van der Waals surface area (Å²) in [6.45, 7) is 5.18. The molecular weight excluding hydrogens is 298 g/mol. The highest BCUT2D eigenvalue weighted by molar-refractivity contribution is 5.93. The molecule has 0 spiro atoms. The lowest BCUT2D eigenvalue weighted by atomic mass is 9.98. The van der Waals surface area contributed by atoms with Gasteiger partial charge < -0.3 is 14.7 Å². The van der Waals surface area contributed by atoms with Gasteiger partial charge in [-0.25, -0.2) is 9.48 Å². The Morgan fingerprint density at radius 3 is 2.39 bits per heavy atom. The molecule has 0 aromatic carbocycles. The number of aryl methyl sites for hydroxylation is 1. The molecule has 0 saturated carbocycles. The minimum atomic E-state index is -0.516. The van der Waals surface area contributed by atoms with E-state index in [9.17, 15) is 14.4 Å². The van der Waals surface area contributed by atoms with Gasteiger partial charge in [0.2, 0.25) is 0 Å². The Balaban J connectivity index is 2.21. The average Bonchev–Trinajstić information content (AvgIpc) is 2.47. The predicted octanol–water partition coefficient (Wildman–Crippen LogP) is -0.00170. The van der Waals surface area contributed by atoms with Gasteiger partial charge in [0.15, 0.2) is 0 Å². The van der Waals surface area contributed by atoms with Crippen molar-refractivity contribution in [2.75, 3.05) is 33.7 Å². The first kappa shape index (κ1) is 17.0. The highest BCUT2D eigenvalue weighted by atomic mass is 16.2. The van der Waals surface area contributed by atoms with Gasteiger partial charge in [0.1, 0.15) is 5.69 Å². The van der Waals surface area contributed by atoms with Crippen LogP contribution >= 0.6 is 0 Å². The molecule has 8 heteroatoms. The lowest BCUT2D eigenvalue weighted by Gasteiger charge is -2.47. The maximum atomic E-state index is 12.7. The molecule has 23 heavy (non-hydrogen) atoms. The molecule has 1 aromatic rings. The summed E-state index contributed by atoms with van der Waals surface area (Å²) in [6.07, 6.45) is 0. The van der Waals surface area contributed by atoms with Crippen LogP contribution in [0.25, 0.3) is 0 Å². The van der Waals surface area contributed by atoms with Gasteiger partial charge in [-0.15, -0.1) is 0 Å². The van der Waals surface area contributed by atoms with Crippen molar-refractivity contribution in [3.05, 3.63) is 28.2 Å². The third-order valence-electron chi connectivity index (χ3n) is 3.98. The summed E-state index contributed by atoms with van der Waals surface area (Å²) >= 11 is 0. The molecule has 0 radical (unpaired) electrons. The van der Waals surface area contributed by atoms with E-state index in [-0.39, 0.29) is 23.2 Å². The molecule has 0 aliphatic carbocycles. The van der Waals surface area contributed by atoms with Gasteiger partial charge in [0.25, 0.3) is 11.5 Å². The lowest BCUT2D eigenvalue weighted by Crippen LogP contribution is -2.63. The molecule has 1 fully saturated rings. The van der Waals surface area contributed by atoms with Crippen LogP contribution in [0.3, 0.4) is 0 Å². The lowest BCUT2D eigenvalue weighted by molar-refractivity contribution is 0.0234. The van der Waals surface area contributed by atoms with E-state index >= 15 is 0 Å². The Bertz CT molecular complexity index is 680. The summed E-state index contributed by atoms with van der Waals surface area (Å²) in [5.41, 5.74) is -0.549. The summed E-state index contributed by atoms with van der Waals surface area (Å²) < 4.78 is 1.14. The number of hydrogen-bond donors (Lipinski definition) is 0. The van der Waals surface area contributed by atoms with Gasteiger partial charge in [-0.3, -0.25) is 9.59 Å². The van der Waals surface area contributed by atoms with Gasteiger partial charge in [0, 0.05) is 46.8 Å². The van der Waals surface area contributed by atoms with E-state index < -0.39 is 5.54 Å². The van der Waals surface area contributed by atoms with Crippen LogP contribution in [0.5, 0.6) is 0 Å². The van der Waals surface area contributed by atoms with Crippen LogP contribution in [0, 0.1) is 0 Å². The fraction of sp³-hybridized carbons (Fsp3) is 0.600. The number of carbonyl (C=O) groups is 2. The fourth-order valence-corrected chi connectivity index (χ4v) is 2.73. The first-order chi connectivity index (χ1) is 10.6. The van der Waals surface area contributed by atoms with Crippen LogP contribution in [0.15, 0.2) is 16.9 Å². The summed E-state index contributed by atoms with van der Waals surface area (Å²) in [5.74, 6) is -0.234. The molecule has 1 saturated heterocycles. The maximum absolute atomic E-state index is 12.7. The highest BCUT2D eigenvalue weighted by Gasteiger charge is 2.39. The molecule has 1 aromatic heterocycles. The SMILES string of the molecule is CN(C)C(=O)N1CCN(C(=O)c2ccc(=O)n(C)n2)C(C)(C)C1. The smallest absolute Gasteiger partial charge is 0.319 e. The van der Waals surface area contributed by atoms with Gasteiger partial charge in [-0.05, 0) is 19.9 Å². The normalized spacial score (nSPS) is 17.1. The quantitative estimate of drug-likeness (QED) is 0.729. The van der Waals surface area contributed by atoms with E-state index in [1.807, 2.05) is 13.8 Å². The van der Waals surface area contributed by atoms with Crippen LogP contribution in [-0.2, 0) is 7.05 Å². The standard InChI is InChI=1S/C15H23N5O3/c1-15(2)10-19(14(23)17(3)4)8-9-20(15)13(22)11-6-7-12(21)18(5)16-11/h6-7H,8-10H2,1-5H3. The summed E-state index contributed by atoms with van der Waals surface area (Å²) in [4.78, 5) is 41.2. The van der Waals surface area contributed by atoms with Crippen molar-refractivity contribution in [1.29, 1.82) is 0 Å². The van der Waals surface area contributed by atoms with E-state index in [2.05, 4.69) is 5.10 Å². The van der Waals surface area contributed by atoms with Crippen molar-refractivity contribution < 1.29 is 9.59 Å². The first-order valence-electron chi connectivity index (χ1n) is 7.46. The van der Waals surface area contributed by atoms with Crippen LogP contribution < -0.4 is 5.56 Å². The second-order valence-corrected chi connectivity index (χ2v) is 6.55. The van der Waals surface area contributed by atoms with Crippen molar-refractivity contribution in [2.45, 2.75) is 19.4 Å². The van der Waals surface area contributed by atoms with E-state index in [1.165, 1.54) is 24.1 Å². The molecule has 2 rings (SSSR count). The summed E-state index contributed by atoms with van der Waals surface area (Å²) in [7, 11) is 4.93. The fourth-order valence-electron chi connectivity index (χ4n) is 2.73. The Labute approximate surface area is 135 Å².